The summed E-state index contributed by atoms with van der Waals surface area (Å²) in [7, 11) is 0. The predicted octanol–water partition coefficient (Wildman–Crippen LogP) is 1.72. The topological polar surface area (TPSA) is 47.0 Å². The van der Waals surface area contributed by atoms with E-state index in [1.54, 1.807) is 12.4 Å². The van der Waals surface area contributed by atoms with Crippen LogP contribution in [0.3, 0.4) is 0 Å². The van der Waals surface area contributed by atoms with Gasteiger partial charge in [-0.3, -0.25) is 9.88 Å². The molecule has 6 heteroatoms. The summed E-state index contributed by atoms with van der Waals surface area (Å²) in [5.41, 5.74) is 0.761. The molecule has 1 aromatic heterocycles. The first-order chi connectivity index (χ1) is 9.36. The summed E-state index contributed by atoms with van der Waals surface area (Å²) in [6.07, 6.45) is 4.28. The molecule has 0 bridgehead atoms. The zero-order valence-corrected chi connectivity index (χ0v) is 11.6. The van der Waals surface area contributed by atoms with Crippen molar-refractivity contribution in [1.82, 2.24) is 9.88 Å². The van der Waals surface area contributed by atoms with E-state index >= 15 is 0 Å². The minimum atomic E-state index is 0.333. The molecule has 0 unspecified atom stereocenters. The van der Waals surface area contributed by atoms with Gasteiger partial charge in [-0.1, -0.05) is 16.8 Å². The summed E-state index contributed by atoms with van der Waals surface area (Å²) < 4.78 is 5.29. The molecule has 0 spiro atoms. The molecule has 0 aromatic carbocycles. The second-order valence-corrected chi connectivity index (χ2v) is 4.62. The number of halogens is 1. The fourth-order valence-electron chi connectivity index (χ4n) is 1.82. The van der Waals surface area contributed by atoms with E-state index in [4.69, 9.17) is 21.2 Å². The van der Waals surface area contributed by atoms with Gasteiger partial charge in [0.05, 0.1) is 13.2 Å². The van der Waals surface area contributed by atoms with Gasteiger partial charge in [0.15, 0.2) is 5.17 Å². The maximum atomic E-state index is 5.99. The molecule has 1 fully saturated rings. The summed E-state index contributed by atoms with van der Waals surface area (Å²) in [4.78, 5) is 11.5. The van der Waals surface area contributed by atoms with Gasteiger partial charge in [-0.2, -0.15) is 0 Å². The maximum absolute atomic E-state index is 5.99. The molecule has 1 saturated heterocycles. The lowest BCUT2D eigenvalue weighted by Gasteiger charge is -2.26. The number of hydrogen-bond acceptors (Lipinski definition) is 5. The van der Waals surface area contributed by atoms with E-state index in [1.165, 1.54) is 0 Å². The molecule has 1 aliphatic rings. The Labute approximate surface area is 118 Å². The first-order valence-electron chi connectivity index (χ1n) is 6.42. The number of oxime groups is 1. The van der Waals surface area contributed by atoms with E-state index in [2.05, 4.69) is 15.0 Å². The molecule has 19 heavy (non-hydrogen) atoms. The van der Waals surface area contributed by atoms with Crippen LogP contribution < -0.4 is 0 Å². The van der Waals surface area contributed by atoms with Gasteiger partial charge in [-0.05, 0) is 18.6 Å². The summed E-state index contributed by atoms with van der Waals surface area (Å²) in [5, 5.41) is 4.21. The monoisotopic (exact) mass is 283 g/mol. The second-order valence-electron chi connectivity index (χ2n) is 4.26. The van der Waals surface area contributed by atoms with Crippen molar-refractivity contribution in [2.24, 2.45) is 5.16 Å². The average Bonchev–Trinajstić information content (AvgIpc) is 2.49. The smallest absolute Gasteiger partial charge is 0.177 e. The van der Waals surface area contributed by atoms with Crippen LogP contribution in [0, 0.1) is 0 Å². The zero-order chi connectivity index (χ0) is 13.3. The first-order valence-corrected chi connectivity index (χ1v) is 6.80. The fourth-order valence-corrected chi connectivity index (χ4v) is 1.98. The van der Waals surface area contributed by atoms with Crippen LogP contribution in [-0.4, -0.2) is 54.5 Å². The molecular weight excluding hydrogens is 266 g/mol. The Hall–Kier alpha value is -1.17. The number of pyridine rings is 1. The molecule has 1 aromatic rings. The van der Waals surface area contributed by atoms with Crippen molar-refractivity contribution in [2.45, 2.75) is 6.42 Å². The number of aromatic nitrogens is 1. The highest BCUT2D eigenvalue weighted by atomic mass is 35.5. The van der Waals surface area contributed by atoms with Crippen molar-refractivity contribution in [3.63, 3.8) is 0 Å². The van der Waals surface area contributed by atoms with Crippen LogP contribution in [0.15, 0.2) is 29.7 Å². The quantitative estimate of drug-likeness (QED) is 0.453. The lowest BCUT2D eigenvalue weighted by molar-refractivity contribution is 0.0323. The van der Waals surface area contributed by atoms with Crippen LogP contribution >= 0.6 is 11.6 Å². The Balaban J connectivity index is 1.63. The predicted molar refractivity (Wildman–Crippen MR) is 74.5 cm³/mol. The third-order valence-electron chi connectivity index (χ3n) is 2.86. The van der Waals surface area contributed by atoms with Gasteiger partial charge in [0.1, 0.15) is 6.61 Å². The minimum Gasteiger partial charge on any atom is -0.395 e. The number of hydrogen-bond donors (Lipinski definition) is 0. The molecule has 0 aliphatic carbocycles. The number of rotatable bonds is 6. The van der Waals surface area contributed by atoms with Crippen LogP contribution in [0.4, 0.5) is 0 Å². The highest BCUT2D eigenvalue weighted by Crippen LogP contribution is 2.04. The number of ether oxygens (including phenoxy) is 1. The molecule has 104 valence electrons. The van der Waals surface area contributed by atoms with Gasteiger partial charge in [-0.15, -0.1) is 0 Å². The Bertz CT molecular complexity index is 394. The van der Waals surface area contributed by atoms with Gasteiger partial charge in [0.2, 0.25) is 0 Å². The van der Waals surface area contributed by atoms with E-state index in [0.717, 1.165) is 44.8 Å². The molecular formula is C13H18ClN3O2. The SMILES string of the molecule is ClC(=NOCCCN1CCOCC1)c1cccnc1. The average molecular weight is 284 g/mol. The van der Waals surface area contributed by atoms with Crippen molar-refractivity contribution in [1.29, 1.82) is 0 Å². The van der Waals surface area contributed by atoms with Crippen LogP contribution in [-0.2, 0) is 9.57 Å². The van der Waals surface area contributed by atoms with E-state index < -0.39 is 0 Å². The highest BCUT2D eigenvalue weighted by Gasteiger charge is 2.09. The van der Waals surface area contributed by atoms with Gasteiger partial charge in [0, 0.05) is 37.6 Å². The summed E-state index contributed by atoms with van der Waals surface area (Å²) in [6.45, 7) is 5.22. The Morgan fingerprint density at radius 1 is 1.47 bits per heavy atom. The first kappa shape index (κ1) is 14.2. The molecule has 2 rings (SSSR count). The molecule has 0 amide bonds. The van der Waals surface area contributed by atoms with Gasteiger partial charge < -0.3 is 9.57 Å². The highest BCUT2D eigenvalue weighted by molar-refractivity contribution is 6.69. The van der Waals surface area contributed by atoms with E-state index in [1.807, 2.05) is 12.1 Å². The molecule has 0 radical (unpaired) electrons. The normalized spacial score (nSPS) is 17.4. The largest absolute Gasteiger partial charge is 0.395 e. The van der Waals surface area contributed by atoms with Gasteiger partial charge in [-0.25, -0.2) is 0 Å². The third kappa shape index (κ3) is 5.14. The summed E-state index contributed by atoms with van der Waals surface area (Å²) in [5.74, 6) is 0. The van der Waals surface area contributed by atoms with E-state index in [9.17, 15) is 0 Å². The maximum Gasteiger partial charge on any atom is 0.177 e. The van der Waals surface area contributed by atoms with Gasteiger partial charge >= 0.3 is 0 Å². The summed E-state index contributed by atoms with van der Waals surface area (Å²) in [6, 6.07) is 3.65. The third-order valence-corrected chi connectivity index (χ3v) is 3.15. The van der Waals surface area contributed by atoms with Crippen molar-refractivity contribution in [3.05, 3.63) is 30.1 Å². The van der Waals surface area contributed by atoms with E-state index in [-0.39, 0.29) is 0 Å². The lowest BCUT2D eigenvalue weighted by Crippen LogP contribution is -2.37. The fraction of sp³-hybridized carbons (Fsp3) is 0.538. The van der Waals surface area contributed by atoms with Crippen LogP contribution in [0.25, 0.3) is 0 Å². The zero-order valence-electron chi connectivity index (χ0n) is 10.8. The Morgan fingerprint density at radius 3 is 3.05 bits per heavy atom. The number of nitrogens with zero attached hydrogens (tertiary/aromatic N) is 3. The van der Waals surface area contributed by atoms with Crippen molar-refractivity contribution in [3.8, 4) is 0 Å². The summed E-state index contributed by atoms with van der Waals surface area (Å²) >= 11 is 5.99. The molecule has 2 heterocycles. The molecule has 1 aliphatic heterocycles. The standard InChI is InChI=1S/C13H18ClN3O2/c14-13(12-3-1-4-15-11-12)16-19-8-2-5-17-6-9-18-10-7-17/h1,3-4,11H,2,5-10H2. The Morgan fingerprint density at radius 2 is 2.32 bits per heavy atom. The van der Waals surface area contributed by atoms with Gasteiger partial charge in [0.25, 0.3) is 0 Å². The van der Waals surface area contributed by atoms with Crippen LogP contribution in [0.2, 0.25) is 0 Å². The van der Waals surface area contributed by atoms with Crippen LogP contribution in [0.5, 0.6) is 0 Å². The molecule has 0 N–H and O–H groups in total. The molecule has 5 nitrogen and oxygen atoms in total. The molecule has 0 saturated carbocycles. The second kappa shape index (κ2) is 8.09. The van der Waals surface area contributed by atoms with Crippen molar-refractivity contribution >= 4 is 16.8 Å². The number of morpholine rings is 1. The lowest BCUT2D eigenvalue weighted by atomic mass is 10.3. The van der Waals surface area contributed by atoms with E-state index in [0.29, 0.717) is 11.8 Å². The van der Waals surface area contributed by atoms with Crippen molar-refractivity contribution < 1.29 is 9.57 Å². The van der Waals surface area contributed by atoms with Crippen molar-refractivity contribution in [2.75, 3.05) is 39.5 Å². The minimum absolute atomic E-state index is 0.333. The van der Waals surface area contributed by atoms with Crippen LogP contribution in [0.1, 0.15) is 12.0 Å². The Kier molecular flexibility index (Phi) is 6.07. The molecule has 0 atom stereocenters.